The number of anilines is 1. The standard InChI is InChI=1S/C16H25N3O/c1-2-3-11-17-16(20)15-10-9-14(12-18-15)19-13-7-5-4-6-8-13/h9-10,12-13,19H,2-8,11H2,1H3,(H,17,20). The second kappa shape index (κ2) is 7.88. The van der Waals surface area contributed by atoms with Gasteiger partial charge in [0.2, 0.25) is 0 Å². The summed E-state index contributed by atoms with van der Waals surface area (Å²) in [5, 5.41) is 6.38. The fourth-order valence-electron chi connectivity index (χ4n) is 2.57. The summed E-state index contributed by atoms with van der Waals surface area (Å²) in [5.74, 6) is -0.0809. The van der Waals surface area contributed by atoms with E-state index in [1.54, 1.807) is 12.3 Å². The first-order valence-corrected chi connectivity index (χ1v) is 7.80. The molecule has 1 heterocycles. The molecule has 1 amide bonds. The summed E-state index contributed by atoms with van der Waals surface area (Å²) in [6, 6.07) is 4.32. The summed E-state index contributed by atoms with van der Waals surface area (Å²) >= 11 is 0. The summed E-state index contributed by atoms with van der Waals surface area (Å²) in [4.78, 5) is 16.1. The van der Waals surface area contributed by atoms with Crippen LogP contribution in [0, 0.1) is 0 Å². The zero-order valence-corrected chi connectivity index (χ0v) is 12.3. The van der Waals surface area contributed by atoms with Gasteiger partial charge in [0.25, 0.3) is 5.91 Å². The van der Waals surface area contributed by atoms with E-state index in [2.05, 4.69) is 22.5 Å². The number of hydrogen-bond acceptors (Lipinski definition) is 3. The summed E-state index contributed by atoms with van der Waals surface area (Å²) in [6.45, 7) is 2.83. The molecule has 1 aromatic heterocycles. The normalized spacial score (nSPS) is 15.8. The number of nitrogens with one attached hydrogen (secondary N) is 2. The number of amides is 1. The number of carbonyl (C=O) groups excluding carboxylic acids is 1. The number of nitrogens with zero attached hydrogens (tertiary/aromatic N) is 1. The number of aromatic nitrogens is 1. The van der Waals surface area contributed by atoms with Crippen LogP contribution in [0.4, 0.5) is 5.69 Å². The van der Waals surface area contributed by atoms with Crippen LogP contribution < -0.4 is 10.6 Å². The molecule has 0 radical (unpaired) electrons. The van der Waals surface area contributed by atoms with Crippen molar-refractivity contribution in [1.29, 1.82) is 0 Å². The maximum absolute atomic E-state index is 11.8. The van der Waals surface area contributed by atoms with Gasteiger partial charge in [-0.25, -0.2) is 4.98 Å². The van der Waals surface area contributed by atoms with Crippen LogP contribution in [0.25, 0.3) is 0 Å². The highest BCUT2D eigenvalue weighted by Gasteiger charge is 2.13. The third kappa shape index (κ3) is 4.51. The van der Waals surface area contributed by atoms with Crippen LogP contribution in [0.2, 0.25) is 0 Å². The quantitative estimate of drug-likeness (QED) is 0.783. The molecule has 2 N–H and O–H groups in total. The molecule has 1 aliphatic rings. The van der Waals surface area contributed by atoms with E-state index < -0.39 is 0 Å². The average Bonchev–Trinajstić information content (AvgIpc) is 2.49. The third-order valence-corrected chi connectivity index (χ3v) is 3.79. The molecule has 0 aromatic carbocycles. The first kappa shape index (κ1) is 14.8. The number of hydrogen-bond donors (Lipinski definition) is 2. The molecular weight excluding hydrogens is 250 g/mol. The fourth-order valence-corrected chi connectivity index (χ4v) is 2.57. The molecule has 0 atom stereocenters. The Morgan fingerprint density at radius 3 is 2.75 bits per heavy atom. The Bertz CT molecular complexity index is 410. The second-order valence-electron chi connectivity index (χ2n) is 5.52. The molecule has 1 aliphatic carbocycles. The zero-order valence-electron chi connectivity index (χ0n) is 12.3. The molecule has 4 heteroatoms. The minimum atomic E-state index is -0.0809. The lowest BCUT2D eigenvalue weighted by Crippen LogP contribution is -2.25. The van der Waals surface area contributed by atoms with Gasteiger partial charge in [-0.2, -0.15) is 0 Å². The van der Waals surface area contributed by atoms with Crippen molar-refractivity contribution in [2.75, 3.05) is 11.9 Å². The van der Waals surface area contributed by atoms with Crippen molar-refractivity contribution in [2.45, 2.75) is 57.9 Å². The van der Waals surface area contributed by atoms with Gasteiger partial charge >= 0.3 is 0 Å². The predicted octanol–water partition coefficient (Wildman–Crippen LogP) is 3.36. The van der Waals surface area contributed by atoms with Gasteiger partial charge in [-0.3, -0.25) is 4.79 Å². The van der Waals surface area contributed by atoms with Crippen molar-refractivity contribution >= 4 is 11.6 Å². The SMILES string of the molecule is CCCCNC(=O)c1ccc(NC2CCCCC2)cn1. The van der Waals surface area contributed by atoms with Gasteiger partial charge in [0.1, 0.15) is 5.69 Å². The Labute approximate surface area is 121 Å². The molecule has 0 spiro atoms. The van der Waals surface area contributed by atoms with E-state index in [9.17, 15) is 4.79 Å². The Kier molecular flexibility index (Phi) is 5.84. The summed E-state index contributed by atoms with van der Waals surface area (Å²) in [5.41, 5.74) is 1.51. The molecule has 1 saturated carbocycles. The van der Waals surface area contributed by atoms with E-state index in [0.29, 0.717) is 11.7 Å². The first-order chi connectivity index (χ1) is 9.79. The Balaban J connectivity index is 1.83. The Morgan fingerprint density at radius 2 is 2.10 bits per heavy atom. The topological polar surface area (TPSA) is 54.0 Å². The molecule has 0 bridgehead atoms. The van der Waals surface area contributed by atoms with E-state index >= 15 is 0 Å². The van der Waals surface area contributed by atoms with Crippen molar-refractivity contribution in [1.82, 2.24) is 10.3 Å². The van der Waals surface area contributed by atoms with Gasteiger partial charge < -0.3 is 10.6 Å². The van der Waals surface area contributed by atoms with Gasteiger partial charge in [0.15, 0.2) is 0 Å². The highest BCUT2D eigenvalue weighted by molar-refractivity contribution is 5.92. The number of carbonyl (C=O) groups is 1. The minimum absolute atomic E-state index is 0.0809. The smallest absolute Gasteiger partial charge is 0.269 e. The monoisotopic (exact) mass is 275 g/mol. The molecular formula is C16H25N3O. The van der Waals surface area contributed by atoms with Crippen molar-refractivity contribution < 1.29 is 4.79 Å². The predicted molar refractivity (Wildman–Crippen MR) is 82.0 cm³/mol. The van der Waals surface area contributed by atoms with Gasteiger partial charge in [-0.05, 0) is 31.4 Å². The van der Waals surface area contributed by atoms with Crippen LogP contribution in [0.15, 0.2) is 18.3 Å². The lowest BCUT2D eigenvalue weighted by atomic mass is 9.95. The van der Waals surface area contributed by atoms with Gasteiger partial charge in [-0.15, -0.1) is 0 Å². The molecule has 2 rings (SSSR count). The van der Waals surface area contributed by atoms with Crippen molar-refractivity contribution in [3.05, 3.63) is 24.0 Å². The Morgan fingerprint density at radius 1 is 1.30 bits per heavy atom. The number of unbranched alkanes of at least 4 members (excludes halogenated alkanes) is 1. The molecule has 110 valence electrons. The second-order valence-corrected chi connectivity index (χ2v) is 5.52. The number of pyridine rings is 1. The van der Waals surface area contributed by atoms with Crippen molar-refractivity contribution in [3.63, 3.8) is 0 Å². The van der Waals surface area contributed by atoms with Crippen LogP contribution in [0.1, 0.15) is 62.4 Å². The molecule has 0 unspecified atom stereocenters. The van der Waals surface area contributed by atoms with Crippen LogP contribution in [-0.4, -0.2) is 23.5 Å². The molecule has 20 heavy (non-hydrogen) atoms. The summed E-state index contributed by atoms with van der Waals surface area (Å²) < 4.78 is 0. The van der Waals surface area contributed by atoms with Crippen molar-refractivity contribution in [2.24, 2.45) is 0 Å². The van der Waals surface area contributed by atoms with E-state index in [0.717, 1.165) is 25.1 Å². The maximum Gasteiger partial charge on any atom is 0.269 e. The molecule has 0 aliphatic heterocycles. The van der Waals surface area contributed by atoms with Crippen LogP contribution in [-0.2, 0) is 0 Å². The summed E-state index contributed by atoms with van der Waals surface area (Å²) in [6.07, 6.45) is 10.3. The lowest BCUT2D eigenvalue weighted by molar-refractivity contribution is 0.0948. The fraction of sp³-hybridized carbons (Fsp3) is 0.625. The molecule has 1 aromatic rings. The van der Waals surface area contributed by atoms with E-state index in [1.807, 2.05) is 6.07 Å². The third-order valence-electron chi connectivity index (χ3n) is 3.79. The highest BCUT2D eigenvalue weighted by Crippen LogP contribution is 2.21. The Hall–Kier alpha value is -1.58. The highest BCUT2D eigenvalue weighted by atomic mass is 16.1. The molecule has 4 nitrogen and oxygen atoms in total. The zero-order chi connectivity index (χ0) is 14.2. The van der Waals surface area contributed by atoms with Gasteiger partial charge in [0, 0.05) is 12.6 Å². The number of rotatable bonds is 6. The van der Waals surface area contributed by atoms with Crippen LogP contribution >= 0.6 is 0 Å². The maximum atomic E-state index is 11.8. The summed E-state index contributed by atoms with van der Waals surface area (Å²) in [7, 11) is 0. The van der Waals surface area contributed by atoms with E-state index in [-0.39, 0.29) is 5.91 Å². The molecule has 1 fully saturated rings. The van der Waals surface area contributed by atoms with E-state index in [1.165, 1.54) is 32.1 Å². The van der Waals surface area contributed by atoms with Crippen LogP contribution in [0.3, 0.4) is 0 Å². The van der Waals surface area contributed by atoms with Crippen molar-refractivity contribution in [3.8, 4) is 0 Å². The van der Waals surface area contributed by atoms with Crippen LogP contribution in [0.5, 0.6) is 0 Å². The van der Waals surface area contributed by atoms with E-state index in [4.69, 9.17) is 0 Å². The lowest BCUT2D eigenvalue weighted by Gasteiger charge is -2.23. The average molecular weight is 275 g/mol. The van der Waals surface area contributed by atoms with Gasteiger partial charge in [0.05, 0.1) is 11.9 Å². The molecule has 0 saturated heterocycles. The first-order valence-electron chi connectivity index (χ1n) is 7.80. The minimum Gasteiger partial charge on any atom is -0.381 e. The van der Waals surface area contributed by atoms with Gasteiger partial charge in [-0.1, -0.05) is 32.6 Å². The largest absolute Gasteiger partial charge is 0.381 e.